The van der Waals surface area contributed by atoms with E-state index in [-0.39, 0.29) is 28.7 Å². The number of ether oxygens (including phenoxy) is 1. The van der Waals surface area contributed by atoms with E-state index >= 15 is 0 Å². The summed E-state index contributed by atoms with van der Waals surface area (Å²) < 4.78 is 19.9. The number of nitriles is 1. The van der Waals surface area contributed by atoms with Crippen LogP contribution < -0.4 is 16.2 Å². The molecule has 0 saturated heterocycles. The number of H-pyrrole nitrogens is 1. The number of aromatic nitrogens is 3. The molecule has 124 valence electrons. The zero-order chi connectivity index (χ0) is 17.6. The minimum atomic E-state index is -0.517. The highest BCUT2D eigenvalue weighted by atomic mass is 32.2. The van der Waals surface area contributed by atoms with Crippen LogP contribution in [0, 0.1) is 17.1 Å². The first-order valence-corrected chi connectivity index (χ1v) is 8.09. The molecule has 2 aromatic heterocycles. The normalized spacial score (nSPS) is 15.0. The van der Waals surface area contributed by atoms with Crippen LogP contribution in [0.25, 0.3) is 0 Å². The Morgan fingerprint density at radius 3 is 2.92 bits per heavy atom. The molecular formula is C16H11FN6OS. The van der Waals surface area contributed by atoms with Crippen molar-refractivity contribution >= 4 is 23.3 Å². The van der Waals surface area contributed by atoms with Gasteiger partial charge in [0.25, 0.3) is 0 Å². The van der Waals surface area contributed by atoms with Gasteiger partial charge in [-0.15, -0.1) is 0 Å². The van der Waals surface area contributed by atoms with Crippen molar-refractivity contribution in [1.82, 2.24) is 15.0 Å². The standard InChI is InChI=1S/C16H11FN6OS/c17-9-3-1-2-7-12(9)24-15-10(11(19)8(6-18)14(20)23-15)13(7)25-16-21-4-5-22-16/h1-5,13H,(H,21,22)(H4,19,20,23). The number of imidazole rings is 1. The summed E-state index contributed by atoms with van der Waals surface area (Å²) in [5.74, 6) is -0.414. The van der Waals surface area contributed by atoms with E-state index in [4.69, 9.17) is 16.2 Å². The van der Waals surface area contributed by atoms with Crippen LogP contribution in [-0.2, 0) is 0 Å². The highest BCUT2D eigenvalue weighted by molar-refractivity contribution is 7.99. The summed E-state index contributed by atoms with van der Waals surface area (Å²) in [5, 5.41) is 9.46. The van der Waals surface area contributed by atoms with Gasteiger partial charge >= 0.3 is 0 Å². The van der Waals surface area contributed by atoms with Gasteiger partial charge in [-0.05, 0) is 6.07 Å². The third kappa shape index (κ3) is 2.35. The number of halogens is 1. The smallest absolute Gasteiger partial charge is 0.228 e. The third-order valence-electron chi connectivity index (χ3n) is 3.82. The number of hydrogen-bond acceptors (Lipinski definition) is 7. The Kier molecular flexibility index (Phi) is 3.47. The monoisotopic (exact) mass is 354 g/mol. The van der Waals surface area contributed by atoms with Crippen LogP contribution in [0.2, 0.25) is 0 Å². The van der Waals surface area contributed by atoms with E-state index in [9.17, 15) is 9.65 Å². The lowest BCUT2D eigenvalue weighted by molar-refractivity contribution is 0.408. The van der Waals surface area contributed by atoms with E-state index in [1.54, 1.807) is 24.5 Å². The van der Waals surface area contributed by atoms with Gasteiger partial charge < -0.3 is 21.2 Å². The van der Waals surface area contributed by atoms with Crippen molar-refractivity contribution in [2.24, 2.45) is 0 Å². The van der Waals surface area contributed by atoms with Gasteiger partial charge in [0.1, 0.15) is 17.5 Å². The molecule has 25 heavy (non-hydrogen) atoms. The molecule has 1 aromatic carbocycles. The van der Waals surface area contributed by atoms with Gasteiger partial charge in [0, 0.05) is 18.0 Å². The number of nitrogens with two attached hydrogens (primary N) is 2. The number of para-hydroxylation sites is 1. The number of nitrogen functional groups attached to an aromatic ring is 2. The molecule has 0 amide bonds. The lowest BCUT2D eigenvalue weighted by atomic mass is 9.98. The minimum absolute atomic E-state index is 0.0553. The number of fused-ring (bicyclic) bond motifs is 2. The Balaban J connectivity index is 1.96. The second kappa shape index (κ2) is 5.68. The molecular weight excluding hydrogens is 343 g/mol. The molecule has 0 radical (unpaired) electrons. The largest absolute Gasteiger partial charge is 0.435 e. The maximum Gasteiger partial charge on any atom is 0.228 e. The summed E-state index contributed by atoms with van der Waals surface area (Å²) >= 11 is 1.32. The molecule has 0 fully saturated rings. The van der Waals surface area contributed by atoms with Crippen LogP contribution in [0.1, 0.15) is 21.9 Å². The molecule has 0 spiro atoms. The number of thioether (sulfide) groups is 1. The van der Waals surface area contributed by atoms with E-state index in [1.165, 1.54) is 17.8 Å². The fourth-order valence-electron chi connectivity index (χ4n) is 2.70. The van der Waals surface area contributed by atoms with E-state index in [0.717, 1.165) is 0 Å². The number of nitrogens with one attached hydrogen (secondary N) is 1. The Morgan fingerprint density at radius 1 is 1.36 bits per heavy atom. The van der Waals surface area contributed by atoms with Crippen molar-refractivity contribution in [3.63, 3.8) is 0 Å². The van der Waals surface area contributed by atoms with Crippen molar-refractivity contribution in [2.75, 3.05) is 11.5 Å². The van der Waals surface area contributed by atoms with Gasteiger partial charge in [-0.2, -0.15) is 10.2 Å². The Hall–Kier alpha value is -3.25. The second-order valence-electron chi connectivity index (χ2n) is 5.27. The fourth-order valence-corrected chi connectivity index (χ4v) is 3.84. The Bertz CT molecular complexity index is 1010. The molecule has 1 unspecified atom stereocenters. The zero-order valence-corrected chi connectivity index (χ0v) is 13.5. The van der Waals surface area contributed by atoms with Crippen LogP contribution >= 0.6 is 11.8 Å². The quantitative estimate of drug-likeness (QED) is 0.645. The predicted molar refractivity (Wildman–Crippen MR) is 90.5 cm³/mol. The average Bonchev–Trinajstić information content (AvgIpc) is 3.09. The number of nitrogens with zero attached hydrogens (tertiary/aromatic N) is 3. The summed E-state index contributed by atoms with van der Waals surface area (Å²) in [5.41, 5.74) is 13.3. The highest BCUT2D eigenvalue weighted by Gasteiger charge is 2.35. The van der Waals surface area contributed by atoms with Crippen molar-refractivity contribution in [2.45, 2.75) is 10.4 Å². The summed E-state index contributed by atoms with van der Waals surface area (Å²) in [6.45, 7) is 0. The predicted octanol–water partition coefficient (Wildman–Crippen LogP) is 2.97. The molecule has 3 aromatic rings. The molecule has 5 N–H and O–H groups in total. The maximum atomic E-state index is 14.3. The molecule has 9 heteroatoms. The van der Waals surface area contributed by atoms with Crippen LogP contribution in [0.15, 0.2) is 35.7 Å². The van der Waals surface area contributed by atoms with Crippen LogP contribution in [0.4, 0.5) is 15.9 Å². The first-order chi connectivity index (χ1) is 12.1. The molecule has 4 rings (SSSR count). The SMILES string of the molecule is N#Cc1c(N)nc2c(c1N)C(Sc1ncc[nH]1)c1cccc(F)c1O2. The highest BCUT2D eigenvalue weighted by Crippen LogP contribution is 2.53. The zero-order valence-electron chi connectivity index (χ0n) is 12.7. The maximum absolute atomic E-state index is 14.3. The van der Waals surface area contributed by atoms with Crippen molar-refractivity contribution in [3.05, 3.63) is 53.1 Å². The number of anilines is 2. The summed E-state index contributed by atoms with van der Waals surface area (Å²) in [4.78, 5) is 11.3. The molecule has 0 bridgehead atoms. The second-order valence-corrected chi connectivity index (χ2v) is 6.36. The lowest BCUT2D eigenvalue weighted by Crippen LogP contribution is -2.15. The molecule has 1 aliphatic heterocycles. The summed E-state index contributed by atoms with van der Waals surface area (Å²) in [6.07, 6.45) is 3.29. The third-order valence-corrected chi connectivity index (χ3v) is 5.00. The van der Waals surface area contributed by atoms with Crippen LogP contribution in [0.3, 0.4) is 0 Å². The minimum Gasteiger partial charge on any atom is -0.435 e. The van der Waals surface area contributed by atoms with E-state index in [0.29, 0.717) is 16.3 Å². The summed E-state index contributed by atoms with van der Waals surface area (Å²) in [7, 11) is 0. The van der Waals surface area contributed by atoms with Gasteiger partial charge in [-0.3, -0.25) is 0 Å². The average molecular weight is 354 g/mol. The number of benzene rings is 1. The van der Waals surface area contributed by atoms with Gasteiger partial charge in [-0.1, -0.05) is 23.9 Å². The van der Waals surface area contributed by atoms with E-state index in [1.807, 2.05) is 6.07 Å². The van der Waals surface area contributed by atoms with Crippen LogP contribution in [-0.4, -0.2) is 15.0 Å². The molecule has 1 atom stereocenters. The van der Waals surface area contributed by atoms with Crippen LogP contribution in [0.5, 0.6) is 11.6 Å². The first-order valence-electron chi connectivity index (χ1n) is 7.21. The molecule has 1 aliphatic rings. The van der Waals surface area contributed by atoms with E-state index < -0.39 is 11.1 Å². The Morgan fingerprint density at radius 2 is 2.20 bits per heavy atom. The van der Waals surface area contributed by atoms with Crippen molar-refractivity contribution in [1.29, 1.82) is 5.26 Å². The topological polar surface area (TPSA) is 127 Å². The van der Waals surface area contributed by atoms with Gasteiger partial charge in [0.15, 0.2) is 16.7 Å². The molecule has 7 nitrogen and oxygen atoms in total. The van der Waals surface area contributed by atoms with E-state index in [2.05, 4.69) is 15.0 Å². The van der Waals surface area contributed by atoms with Gasteiger partial charge in [-0.25, -0.2) is 9.37 Å². The van der Waals surface area contributed by atoms with Gasteiger partial charge in [0.05, 0.1) is 16.5 Å². The van der Waals surface area contributed by atoms with Gasteiger partial charge in [0.2, 0.25) is 5.88 Å². The lowest BCUT2D eigenvalue weighted by Gasteiger charge is -2.28. The number of aromatic amines is 1. The van der Waals surface area contributed by atoms with Crippen molar-refractivity contribution < 1.29 is 9.13 Å². The van der Waals surface area contributed by atoms with Crippen molar-refractivity contribution in [3.8, 4) is 17.7 Å². The number of hydrogen-bond donors (Lipinski definition) is 3. The molecule has 0 aliphatic carbocycles. The molecule has 0 saturated carbocycles. The first kappa shape index (κ1) is 15.3. The molecule has 3 heterocycles. The Labute approximate surface area is 145 Å². The number of rotatable bonds is 2. The number of pyridine rings is 1. The summed E-state index contributed by atoms with van der Waals surface area (Å²) in [6, 6.07) is 6.58. The fraction of sp³-hybridized carbons (Fsp3) is 0.0625.